The molecule has 2 aliphatic rings. The summed E-state index contributed by atoms with van der Waals surface area (Å²) in [5, 5.41) is 5.06. The highest BCUT2D eigenvalue weighted by Gasteiger charge is 2.35. The molecule has 4 aromatic heterocycles. The van der Waals surface area contributed by atoms with Crippen molar-refractivity contribution >= 4 is 17.4 Å². The molecule has 1 aliphatic carbocycles. The van der Waals surface area contributed by atoms with E-state index in [0.29, 0.717) is 53.5 Å². The highest BCUT2D eigenvalue weighted by molar-refractivity contribution is 6.30. The van der Waals surface area contributed by atoms with Crippen LogP contribution in [0.25, 0.3) is 17.1 Å². The van der Waals surface area contributed by atoms with Crippen molar-refractivity contribution in [1.82, 2.24) is 34.3 Å². The van der Waals surface area contributed by atoms with Gasteiger partial charge in [-0.25, -0.2) is 19.6 Å². The number of alkyl halides is 3. The van der Waals surface area contributed by atoms with Gasteiger partial charge in [-0.1, -0.05) is 11.6 Å². The van der Waals surface area contributed by atoms with Crippen molar-refractivity contribution in [3.63, 3.8) is 0 Å². The van der Waals surface area contributed by atoms with E-state index < -0.39 is 11.9 Å². The van der Waals surface area contributed by atoms with Crippen LogP contribution in [0.4, 0.5) is 19.0 Å². The Balaban J connectivity index is 1.32. The molecule has 5 heterocycles. The largest absolute Gasteiger partial charge is 0.479 e. The van der Waals surface area contributed by atoms with E-state index in [9.17, 15) is 13.2 Å². The van der Waals surface area contributed by atoms with Gasteiger partial charge in [0, 0.05) is 43.0 Å². The number of nitrogens with zero attached hydrogens (tertiary/aromatic N) is 8. The normalized spacial score (nSPS) is 15.7. The Morgan fingerprint density at radius 1 is 1.14 bits per heavy atom. The summed E-state index contributed by atoms with van der Waals surface area (Å²) in [4.78, 5) is 19.2. The molecule has 1 aliphatic heterocycles. The Labute approximate surface area is 214 Å². The molecule has 0 radical (unpaired) electrons. The average molecular weight is 531 g/mol. The lowest BCUT2D eigenvalue weighted by Gasteiger charge is -2.29. The van der Waals surface area contributed by atoms with Crippen LogP contribution in [0.15, 0.2) is 30.9 Å². The predicted molar refractivity (Wildman–Crippen MR) is 129 cm³/mol. The van der Waals surface area contributed by atoms with Gasteiger partial charge in [0.1, 0.15) is 23.7 Å². The Hall–Kier alpha value is -3.67. The number of rotatable bonds is 5. The van der Waals surface area contributed by atoms with Crippen LogP contribution in [0.5, 0.6) is 5.88 Å². The minimum Gasteiger partial charge on any atom is -0.479 e. The zero-order valence-electron chi connectivity index (χ0n) is 20.0. The first-order chi connectivity index (χ1) is 17.7. The molecule has 0 N–H and O–H groups in total. The molecule has 1 fully saturated rings. The van der Waals surface area contributed by atoms with Gasteiger partial charge >= 0.3 is 6.18 Å². The van der Waals surface area contributed by atoms with Crippen LogP contribution in [0.1, 0.15) is 41.4 Å². The van der Waals surface area contributed by atoms with E-state index in [1.54, 1.807) is 23.9 Å². The van der Waals surface area contributed by atoms with E-state index in [1.807, 2.05) is 0 Å². The van der Waals surface area contributed by atoms with Crippen molar-refractivity contribution < 1.29 is 17.9 Å². The number of halogens is 4. The Morgan fingerprint density at radius 2 is 1.95 bits per heavy atom. The second-order valence-electron chi connectivity index (χ2n) is 9.15. The number of pyridine rings is 1. The number of imidazole rings is 1. The fourth-order valence-electron chi connectivity index (χ4n) is 4.71. The lowest BCUT2D eigenvalue weighted by Crippen LogP contribution is -2.32. The zero-order chi connectivity index (χ0) is 25.9. The van der Waals surface area contributed by atoms with E-state index in [-0.39, 0.29) is 5.82 Å². The fraction of sp³-hybridized carbons (Fsp3) is 0.375. The van der Waals surface area contributed by atoms with Crippen LogP contribution in [-0.4, -0.2) is 47.9 Å². The molecule has 13 heteroatoms. The summed E-state index contributed by atoms with van der Waals surface area (Å²) < 4.78 is 47.9. The van der Waals surface area contributed by atoms with Crippen molar-refractivity contribution in [2.24, 2.45) is 7.05 Å². The number of hydrogen-bond acceptors (Lipinski definition) is 7. The monoisotopic (exact) mass is 530 g/mol. The summed E-state index contributed by atoms with van der Waals surface area (Å²) in [5.41, 5.74) is 3.00. The van der Waals surface area contributed by atoms with Gasteiger partial charge in [0.05, 0.1) is 25.0 Å². The standard InChI is InChI=1S/C24H22ClF3N8O/c1-34-11-17(24(26,27)28)32-22(34)14-5-6-18(29-9-14)35-8-7-15-16(10-35)36(33-21(15)25)20-19(13-3-4-13)30-12-31-23(20)37-2/h5-6,9,11-13H,3-4,7-8,10H2,1-2H3. The van der Waals surface area contributed by atoms with Crippen molar-refractivity contribution in [1.29, 1.82) is 0 Å². The van der Waals surface area contributed by atoms with E-state index in [0.717, 1.165) is 36.0 Å². The van der Waals surface area contributed by atoms with Crippen molar-refractivity contribution in [3.8, 4) is 23.0 Å². The molecule has 6 rings (SSSR count). The quantitative estimate of drug-likeness (QED) is 0.373. The van der Waals surface area contributed by atoms with Gasteiger partial charge in [-0.05, 0) is 31.4 Å². The summed E-state index contributed by atoms with van der Waals surface area (Å²) in [7, 11) is 3.09. The lowest BCUT2D eigenvalue weighted by atomic mass is 10.1. The number of methoxy groups -OCH3 is 1. The molecule has 1 saturated carbocycles. The van der Waals surface area contributed by atoms with Gasteiger partial charge in [0.15, 0.2) is 10.8 Å². The van der Waals surface area contributed by atoms with Crippen LogP contribution in [-0.2, 0) is 26.2 Å². The Morgan fingerprint density at radius 3 is 2.59 bits per heavy atom. The molecule has 0 bridgehead atoms. The molecular formula is C24H22ClF3N8O. The highest BCUT2D eigenvalue weighted by atomic mass is 35.5. The average Bonchev–Trinajstić information content (AvgIpc) is 3.58. The minimum atomic E-state index is -4.51. The molecule has 9 nitrogen and oxygen atoms in total. The molecule has 0 amide bonds. The van der Waals surface area contributed by atoms with E-state index in [1.165, 1.54) is 24.1 Å². The number of aryl methyl sites for hydroxylation is 1. The number of ether oxygens (including phenoxy) is 1. The van der Waals surface area contributed by atoms with Crippen LogP contribution in [0, 0.1) is 0 Å². The third-order valence-electron chi connectivity index (χ3n) is 6.70. The molecule has 37 heavy (non-hydrogen) atoms. The molecule has 192 valence electrons. The number of hydrogen-bond donors (Lipinski definition) is 0. The zero-order valence-corrected chi connectivity index (χ0v) is 20.8. The first kappa shape index (κ1) is 23.7. The van der Waals surface area contributed by atoms with E-state index in [4.69, 9.17) is 16.3 Å². The highest BCUT2D eigenvalue weighted by Crippen LogP contribution is 2.44. The van der Waals surface area contributed by atoms with Crippen molar-refractivity contribution in [2.45, 2.75) is 37.9 Å². The maximum atomic E-state index is 13.1. The fourth-order valence-corrected chi connectivity index (χ4v) is 4.99. The number of anilines is 1. The molecule has 0 aromatic carbocycles. The molecule has 0 atom stereocenters. The van der Waals surface area contributed by atoms with Gasteiger partial charge in [0.25, 0.3) is 0 Å². The van der Waals surface area contributed by atoms with Crippen LogP contribution < -0.4 is 9.64 Å². The molecule has 0 spiro atoms. The van der Waals surface area contributed by atoms with Crippen molar-refractivity contribution in [2.75, 3.05) is 18.6 Å². The third-order valence-corrected chi connectivity index (χ3v) is 7.00. The smallest absolute Gasteiger partial charge is 0.434 e. The van der Waals surface area contributed by atoms with Crippen LogP contribution >= 0.6 is 11.6 Å². The second-order valence-corrected chi connectivity index (χ2v) is 9.51. The number of fused-ring (bicyclic) bond motifs is 1. The number of aromatic nitrogens is 7. The Bertz CT molecular complexity index is 1480. The van der Waals surface area contributed by atoms with Gasteiger partial charge in [-0.2, -0.15) is 23.3 Å². The minimum absolute atomic E-state index is 0.195. The van der Waals surface area contributed by atoms with Gasteiger partial charge in [0.2, 0.25) is 5.88 Å². The summed E-state index contributed by atoms with van der Waals surface area (Å²) in [5.74, 6) is 1.65. The maximum Gasteiger partial charge on any atom is 0.434 e. The van der Waals surface area contributed by atoms with E-state index >= 15 is 0 Å². The molecule has 0 unspecified atom stereocenters. The summed E-state index contributed by atoms with van der Waals surface area (Å²) >= 11 is 6.55. The second kappa shape index (κ2) is 8.72. The maximum absolute atomic E-state index is 13.1. The van der Waals surface area contributed by atoms with E-state index in [2.05, 4.69) is 29.9 Å². The van der Waals surface area contributed by atoms with Gasteiger partial charge in [-0.3, -0.25) is 0 Å². The predicted octanol–water partition coefficient (Wildman–Crippen LogP) is 4.58. The van der Waals surface area contributed by atoms with Crippen molar-refractivity contribution in [3.05, 3.63) is 58.7 Å². The SMILES string of the molecule is COc1ncnc(C2CC2)c1-n1nc(Cl)c2c1CN(c1ccc(-c3nc(C(F)(F)F)cn3C)cn1)CC2. The topological polar surface area (TPSA) is 86.8 Å². The summed E-state index contributed by atoms with van der Waals surface area (Å²) in [6, 6.07) is 3.51. The third kappa shape index (κ3) is 4.18. The summed E-state index contributed by atoms with van der Waals surface area (Å²) in [6.07, 6.45) is 2.26. The van der Waals surface area contributed by atoms with Crippen LogP contribution in [0.2, 0.25) is 5.15 Å². The van der Waals surface area contributed by atoms with Crippen LogP contribution in [0.3, 0.4) is 0 Å². The van der Waals surface area contributed by atoms with Gasteiger partial charge < -0.3 is 14.2 Å². The molecule has 4 aromatic rings. The van der Waals surface area contributed by atoms with Gasteiger partial charge in [-0.15, -0.1) is 0 Å². The molecular weight excluding hydrogens is 509 g/mol. The first-order valence-electron chi connectivity index (χ1n) is 11.7. The first-order valence-corrected chi connectivity index (χ1v) is 12.1. The lowest BCUT2D eigenvalue weighted by molar-refractivity contribution is -0.140. The Kier molecular flexibility index (Phi) is 5.59. The molecule has 0 saturated heterocycles. The summed E-state index contributed by atoms with van der Waals surface area (Å²) in [6.45, 7) is 1.13.